The molecule has 1 aliphatic carbocycles. The van der Waals surface area contributed by atoms with Crippen molar-refractivity contribution in [2.75, 3.05) is 54.7 Å². The highest BCUT2D eigenvalue weighted by Crippen LogP contribution is 2.41. The number of ketones is 1. The lowest BCUT2D eigenvalue weighted by Crippen LogP contribution is -2.42. The number of carbonyl (C=O) groups is 6. The van der Waals surface area contributed by atoms with Crippen molar-refractivity contribution in [3.63, 3.8) is 0 Å². The number of esters is 1. The molecule has 0 radical (unpaired) electrons. The van der Waals surface area contributed by atoms with Crippen molar-refractivity contribution < 1.29 is 52.5 Å². The van der Waals surface area contributed by atoms with Crippen LogP contribution in [-0.2, 0) is 37.0 Å². The van der Waals surface area contributed by atoms with E-state index in [2.05, 4.69) is 43.6 Å². The summed E-state index contributed by atoms with van der Waals surface area (Å²) in [6, 6.07) is 13.3. The van der Waals surface area contributed by atoms with Crippen molar-refractivity contribution in [3.8, 4) is 45.5 Å². The third-order valence-corrected chi connectivity index (χ3v) is 14.6. The van der Waals surface area contributed by atoms with Crippen LogP contribution in [0.15, 0.2) is 48.5 Å². The van der Waals surface area contributed by atoms with E-state index in [0.29, 0.717) is 83.8 Å². The van der Waals surface area contributed by atoms with Crippen LogP contribution in [0.25, 0.3) is 22.5 Å². The summed E-state index contributed by atoms with van der Waals surface area (Å²) in [5.41, 5.74) is 2.84. The van der Waals surface area contributed by atoms with E-state index in [0.717, 1.165) is 32.1 Å². The van der Waals surface area contributed by atoms with Gasteiger partial charge in [-0.25, -0.2) is 0 Å². The van der Waals surface area contributed by atoms with E-state index in [1.54, 1.807) is 79.9 Å². The lowest BCUT2D eigenvalue weighted by atomic mass is 9.85. The molecule has 434 valence electrons. The summed E-state index contributed by atoms with van der Waals surface area (Å²) in [6.45, 7) is 14.5. The SMILES string of the molecule is CCC(=O)CNC(=O)C[C@H](CCC1CCCCC1)NC(=O)c1cc(-c2c(OC)cccc2OCCOC(=O)CNC(=O)C[C@H](CC(C)C)N(C)C(=O)c2cc(-c3c(OC)cccc3OC)n(CC(C)C)n2)n(CC(CC)CC)n1. The molecule has 3 N–H and O–H groups in total. The van der Waals surface area contributed by atoms with Gasteiger partial charge in [0.15, 0.2) is 17.2 Å². The highest BCUT2D eigenvalue weighted by molar-refractivity contribution is 5.96. The van der Waals surface area contributed by atoms with Gasteiger partial charge in [-0.3, -0.25) is 38.1 Å². The van der Waals surface area contributed by atoms with Gasteiger partial charge in [0, 0.05) is 51.5 Å². The minimum atomic E-state index is -0.675. The van der Waals surface area contributed by atoms with Crippen molar-refractivity contribution in [2.24, 2.45) is 23.7 Å². The molecule has 2 aromatic heterocycles. The van der Waals surface area contributed by atoms with Crippen molar-refractivity contribution >= 4 is 35.4 Å². The number of ether oxygens (including phenoxy) is 5. The van der Waals surface area contributed by atoms with Gasteiger partial charge >= 0.3 is 5.97 Å². The maximum absolute atomic E-state index is 14.2. The van der Waals surface area contributed by atoms with E-state index >= 15 is 0 Å². The van der Waals surface area contributed by atoms with Gasteiger partial charge in [-0.15, -0.1) is 0 Å². The van der Waals surface area contributed by atoms with E-state index < -0.39 is 36.4 Å². The fourth-order valence-corrected chi connectivity index (χ4v) is 10.1. The molecule has 2 heterocycles. The Morgan fingerprint density at radius 2 is 1.25 bits per heavy atom. The first-order valence-corrected chi connectivity index (χ1v) is 28.4. The molecule has 0 saturated heterocycles. The largest absolute Gasteiger partial charge is 0.496 e. The predicted molar refractivity (Wildman–Crippen MR) is 303 cm³/mol. The molecule has 0 unspecified atom stereocenters. The zero-order valence-electron chi connectivity index (χ0n) is 48.7. The van der Waals surface area contributed by atoms with Gasteiger partial charge in [0.05, 0.1) is 50.4 Å². The number of rotatable bonds is 33. The van der Waals surface area contributed by atoms with Crippen LogP contribution < -0.4 is 34.9 Å². The van der Waals surface area contributed by atoms with Gasteiger partial charge in [0.2, 0.25) is 11.8 Å². The van der Waals surface area contributed by atoms with Crippen LogP contribution in [-0.4, -0.2) is 127 Å². The summed E-state index contributed by atoms with van der Waals surface area (Å²) in [5, 5.41) is 18.1. The zero-order chi connectivity index (χ0) is 57.6. The van der Waals surface area contributed by atoms with Gasteiger partial charge < -0.3 is 44.5 Å². The Bertz CT molecular complexity index is 2610. The average Bonchev–Trinajstić information content (AvgIpc) is 4.16. The molecule has 2 atom stereocenters. The smallest absolute Gasteiger partial charge is 0.325 e. The lowest BCUT2D eigenvalue weighted by Gasteiger charge is -2.28. The third kappa shape index (κ3) is 18.6. The lowest BCUT2D eigenvalue weighted by molar-refractivity contribution is -0.144. The minimum Gasteiger partial charge on any atom is -0.496 e. The number of methoxy groups -OCH3 is 3. The van der Waals surface area contributed by atoms with E-state index in [-0.39, 0.29) is 79.3 Å². The van der Waals surface area contributed by atoms with E-state index in [1.165, 1.54) is 19.3 Å². The predicted octanol–water partition coefficient (Wildman–Crippen LogP) is 9.09. The molecule has 79 heavy (non-hydrogen) atoms. The Balaban J connectivity index is 1.25. The van der Waals surface area contributed by atoms with Crippen LogP contribution in [0.4, 0.5) is 0 Å². The van der Waals surface area contributed by atoms with Crippen LogP contribution in [0.3, 0.4) is 0 Å². The van der Waals surface area contributed by atoms with Gasteiger partial charge in [0.25, 0.3) is 11.8 Å². The van der Waals surface area contributed by atoms with Crippen LogP contribution in [0.1, 0.15) is 153 Å². The summed E-state index contributed by atoms with van der Waals surface area (Å²) in [5.74, 6) is 0.894. The normalized spacial score (nSPS) is 13.4. The molecule has 1 aliphatic rings. The first-order valence-electron chi connectivity index (χ1n) is 28.4. The number of hydrogen-bond donors (Lipinski definition) is 3. The Hall–Kier alpha value is -6.92. The second kappa shape index (κ2) is 31.6. The summed E-state index contributed by atoms with van der Waals surface area (Å²) in [6.07, 6.45) is 9.92. The minimum absolute atomic E-state index is 0.0364. The molecule has 0 aliphatic heterocycles. The second-order valence-electron chi connectivity index (χ2n) is 21.5. The van der Waals surface area contributed by atoms with Gasteiger partial charge in [-0.2, -0.15) is 10.2 Å². The van der Waals surface area contributed by atoms with Crippen LogP contribution in [0.2, 0.25) is 0 Å². The second-order valence-corrected chi connectivity index (χ2v) is 21.5. The van der Waals surface area contributed by atoms with E-state index in [4.69, 9.17) is 33.9 Å². The van der Waals surface area contributed by atoms with Crippen LogP contribution in [0, 0.1) is 23.7 Å². The fraction of sp³-hybridized carbons (Fsp3) is 0.600. The molecule has 4 aromatic rings. The van der Waals surface area contributed by atoms with Crippen LogP contribution >= 0.6 is 0 Å². The van der Waals surface area contributed by atoms with Crippen molar-refractivity contribution in [1.82, 2.24) is 40.4 Å². The molecule has 0 spiro atoms. The number of nitrogens with one attached hydrogen (secondary N) is 3. The molecule has 5 rings (SSSR count). The van der Waals surface area contributed by atoms with E-state index in [9.17, 15) is 28.8 Å². The average molecular weight is 1100 g/mol. The maximum Gasteiger partial charge on any atom is 0.325 e. The zero-order valence-corrected chi connectivity index (χ0v) is 48.7. The van der Waals surface area contributed by atoms with E-state index in [1.807, 2.05) is 32.0 Å². The quantitative estimate of drug-likeness (QED) is 0.0299. The monoisotopic (exact) mass is 1100 g/mol. The highest BCUT2D eigenvalue weighted by Gasteiger charge is 2.30. The number of aromatic nitrogens is 4. The van der Waals surface area contributed by atoms with Gasteiger partial charge in [-0.05, 0) is 79.3 Å². The first-order chi connectivity index (χ1) is 37.9. The van der Waals surface area contributed by atoms with Crippen molar-refractivity contribution in [3.05, 3.63) is 59.9 Å². The Kier molecular flexibility index (Phi) is 25.2. The number of benzene rings is 2. The maximum atomic E-state index is 14.2. The Labute approximate surface area is 467 Å². The molecule has 19 heteroatoms. The Morgan fingerprint density at radius 3 is 1.84 bits per heavy atom. The summed E-state index contributed by atoms with van der Waals surface area (Å²) >= 11 is 0. The molecule has 1 saturated carbocycles. The van der Waals surface area contributed by atoms with Crippen LogP contribution in [0.5, 0.6) is 23.0 Å². The van der Waals surface area contributed by atoms with Gasteiger partial charge in [-0.1, -0.05) is 106 Å². The molecule has 0 bridgehead atoms. The molecule has 4 amide bonds. The topological polar surface area (TPSA) is 224 Å². The third-order valence-electron chi connectivity index (χ3n) is 14.6. The van der Waals surface area contributed by atoms with Crippen molar-refractivity contribution in [2.45, 2.75) is 157 Å². The molecular formula is C60H88N8O11. The van der Waals surface area contributed by atoms with Gasteiger partial charge in [0.1, 0.15) is 42.8 Å². The summed E-state index contributed by atoms with van der Waals surface area (Å²) < 4.78 is 32.6. The number of amides is 4. The molecule has 19 nitrogen and oxygen atoms in total. The number of hydrogen-bond acceptors (Lipinski definition) is 13. The van der Waals surface area contributed by atoms with Crippen molar-refractivity contribution in [1.29, 1.82) is 0 Å². The number of Topliss-reactive ketones (excluding diaryl/α,β-unsaturated/α-hetero) is 1. The fourth-order valence-electron chi connectivity index (χ4n) is 10.1. The number of nitrogens with zero attached hydrogens (tertiary/aromatic N) is 5. The number of carbonyl (C=O) groups excluding carboxylic acids is 6. The summed E-state index contributed by atoms with van der Waals surface area (Å²) in [7, 11) is 6.36. The standard InChI is InChI=1S/C60H88N8O11/c1-12-41(13-2)38-68-48(33-46(64-68)59(73)63-43(27-26-42-20-16-15-17-21-42)31-54(70)61-35-45(69)14-3)58-52(77-11)24-19-25-53(58)78-28-29-79-56(72)36-62-55(71)32-44(30-39(4)5)66(8)60(74)47-34-49(67(65-47)37-40(6)7)57-50(75-9)22-18-23-51(57)76-10/h18-19,22-25,33-34,39-44H,12-17,20-21,26-32,35-38H2,1-11H3,(H,61,70)(H,62,71)(H,63,73)/t43-,44-/m0/s1. The Morgan fingerprint density at radius 1 is 0.696 bits per heavy atom. The summed E-state index contributed by atoms with van der Waals surface area (Å²) in [4.78, 5) is 81.6. The first kappa shape index (κ1) is 62.9. The molecule has 2 aromatic carbocycles. The highest BCUT2D eigenvalue weighted by atomic mass is 16.6. The molecule has 1 fully saturated rings. The molecular weight excluding hydrogens is 1010 g/mol.